The molecule has 102 valence electrons. The van der Waals surface area contributed by atoms with Crippen LogP contribution in [0.3, 0.4) is 0 Å². The summed E-state index contributed by atoms with van der Waals surface area (Å²) in [5.41, 5.74) is 4.77. The molecule has 4 N–H and O–H groups in total. The standard InChI is InChI=1S/C12H26N2O3/c1-4-5-6-10(13)11(15)14-9-12(2,16)7-8-17-3/h10,16H,4-9,13H2,1-3H3,(H,14,15)/t10-,12?/m0/s1. The van der Waals surface area contributed by atoms with E-state index in [1.54, 1.807) is 14.0 Å². The molecule has 0 fully saturated rings. The number of nitrogens with two attached hydrogens (primary N) is 1. The van der Waals surface area contributed by atoms with Gasteiger partial charge < -0.3 is 20.9 Å². The molecule has 0 saturated heterocycles. The van der Waals surface area contributed by atoms with Crippen LogP contribution in [0.25, 0.3) is 0 Å². The van der Waals surface area contributed by atoms with Gasteiger partial charge in [-0.05, 0) is 13.3 Å². The molecule has 2 atom stereocenters. The molecule has 0 spiro atoms. The molecule has 0 aromatic heterocycles. The molecule has 0 aliphatic rings. The predicted octanol–water partition coefficient (Wildman–Crippen LogP) is 0.408. The fraction of sp³-hybridized carbons (Fsp3) is 0.917. The van der Waals surface area contributed by atoms with Crippen molar-refractivity contribution < 1.29 is 14.6 Å². The highest BCUT2D eigenvalue weighted by molar-refractivity contribution is 5.81. The molecule has 0 aliphatic heterocycles. The number of amides is 1. The first-order valence-electron chi connectivity index (χ1n) is 6.17. The Balaban J connectivity index is 3.88. The van der Waals surface area contributed by atoms with Crippen LogP contribution in [-0.4, -0.2) is 42.9 Å². The Morgan fingerprint density at radius 3 is 2.76 bits per heavy atom. The van der Waals surface area contributed by atoms with Crippen molar-refractivity contribution in [1.82, 2.24) is 5.32 Å². The molecule has 0 bridgehead atoms. The van der Waals surface area contributed by atoms with E-state index in [0.29, 0.717) is 19.4 Å². The SMILES string of the molecule is CCCC[C@H](N)C(=O)NCC(C)(O)CCOC. The number of unbranched alkanes of at least 4 members (excludes halogenated alkanes) is 1. The summed E-state index contributed by atoms with van der Waals surface area (Å²) in [4.78, 5) is 11.6. The maximum absolute atomic E-state index is 11.6. The van der Waals surface area contributed by atoms with Crippen LogP contribution < -0.4 is 11.1 Å². The van der Waals surface area contributed by atoms with Crippen molar-refractivity contribution in [3.63, 3.8) is 0 Å². The van der Waals surface area contributed by atoms with Gasteiger partial charge in [0.05, 0.1) is 11.6 Å². The summed E-state index contributed by atoms with van der Waals surface area (Å²) in [5, 5.41) is 12.6. The molecule has 5 nitrogen and oxygen atoms in total. The summed E-state index contributed by atoms with van der Waals surface area (Å²) in [7, 11) is 1.58. The lowest BCUT2D eigenvalue weighted by Crippen LogP contribution is -2.47. The van der Waals surface area contributed by atoms with Crippen LogP contribution >= 0.6 is 0 Å². The van der Waals surface area contributed by atoms with Gasteiger partial charge in [-0.15, -0.1) is 0 Å². The molecule has 17 heavy (non-hydrogen) atoms. The zero-order valence-corrected chi connectivity index (χ0v) is 11.2. The van der Waals surface area contributed by atoms with Crippen LogP contribution in [0.5, 0.6) is 0 Å². The van der Waals surface area contributed by atoms with Crippen molar-refractivity contribution in [2.24, 2.45) is 5.73 Å². The highest BCUT2D eigenvalue weighted by Gasteiger charge is 2.22. The van der Waals surface area contributed by atoms with E-state index in [0.717, 1.165) is 12.8 Å². The molecule has 0 heterocycles. The lowest BCUT2D eigenvalue weighted by molar-refractivity contribution is -0.123. The molecule has 5 heteroatoms. The summed E-state index contributed by atoms with van der Waals surface area (Å²) in [5.74, 6) is -0.198. The van der Waals surface area contributed by atoms with E-state index in [-0.39, 0.29) is 12.5 Å². The fourth-order valence-corrected chi connectivity index (χ4v) is 1.37. The third-order valence-electron chi connectivity index (χ3n) is 2.69. The van der Waals surface area contributed by atoms with Gasteiger partial charge in [0.2, 0.25) is 5.91 Å². The van der Waals surface area contributed by atoms with Crippen LogP contribution in [0.4, 0.5) is 0 Å². The van der Waals surface area contributed by atoms with Crippen molar-refractivity contribution in [3.8, 4) is 0 Å². The molecule has 0 aromatic rings. The van der Waals surface area contributed by atoms with E-state index in [1.165, 1.54) is 0 Å². The molecule has 0 saturated carbocycles. The number of aliphatic hydroxyl groups is 1. The van der Waals surface area contributed by atoms with Crippen LogP contribution in [0.1, 0.15) is 39.5 Å². The third-order valence-corrected chi connectivity index (χ3v) is 2.69. The maximum Gasteiger partial charge on any atom is 0.237 e. The number of rotatable bonds is 9. The van der Waals surface area contributed by atoms with E-state index >= 15 is 0 Å². The van der Waals surface area contributed by atoms with Gasteiger partial charge in [-0.1, -0.05) is 19.8 Å². The van der Waals surface area contributed by atoms with E-state index in [9.17, 15) is 9.90 Å². The van der Waals surface area contributed by atoms with Crippen molar-refractivity contribution in [1.29, 1.82) is 0 Å². The predicted molar refractivity (Wildman–Crippen MR) is 67.6 cm³/mol. The quantitative estimate of drug-likeness (QED) is 0.550. The first-order chi connectivity index (χ1) is 7.93. The number of hydrogen-bond donors (Lipinski definition) is 3. The van der Waals surface area contributed by atoms with Gasteiger partial charge in [-0.25, -0.2) is 0 Å². The van der Waals surface area contributed by atoms with Gasteiger partial charge in [0.1, 0.15) is 0 Å². The largest absolute Gasteiger partial charge is 0.388 e. The minimum atomic E-state index is -0.948. The van der Waals surface area contributed by atoms with Crippen LogP contribution in [0.15, 0.2) is 0 Å². The summed E-state index contributed by atoms with van der Waals surface area (Å²) in [6.45, 7) is 4.39. The number of ether oxygens (including phenoxy) is 1. The van der Waals surface area contributed by atoms with Gasteiger partial charge in [0.15, 0.2) is 0 Å². The first kappa shape index (κ1) is 16.4. The molecule has 0 aromatic carbocycles. The van der Waals surface area contributed by atoms with E-state index in [1.807, 2.05) is 0 Å². The third kappa shape index (κ3) is 8.12. The summed E-state index contributed by atoms with van der Waals surface area (Å²) in [6, 6.07) is -0.479. The van der Waals surface area contributed by atoms with Gasteiger partial charge in [-0.2, -0.15) is 0 Å². The number of hydrogen-bond acceptors (Lipinski definition) is 4. The lowest BCUT2D eigenvalue weighted by Gasteiger charge is -2.24. The molecular formula is C12H26N2O3. The zero-order chi connectivity index (χ0) is 13.3. The van der Waals surface area contributed by atoms with Crippen molar-refractivity contribution in [2.75, 3.05) is 20.3 Å². The average molecular weight is 246 g/mol. The van der Waals surface area contributed by atoms with E-state index in [2.05, 4.69) is 12.2 Å². The van der Waals surface area contributed by atoms with Crippen molar-refractivity contribution >= 4 is 5.91 Å². The van der Waals surface area contributed by atoms with E-state index in [4.69, 9.17) is 10.5 Å². The summed E-state index contributed by atoms with van der Waals surface area (Å²) in [6.07, 6.45) is 3.12. The number of methoxy groups -OCH3 is 1. The van der Waals surface area contributed by atoms with Gasteiger partial charge >= 0.3 is 0 Å². The summed E-state index contributed by atoms with van der Waals surface area (Å²) >= 11 is 0. The normalized spacial score (nSPS) is 16.3. The van der Waals surface area contributed by atoms with Crippen LogP contribution in [-0.2, 0) is 9.53 Å². The monoisotopic (exact) mass is 246 g/mol. The minimum Gasteiger partial charge on any atom is -0.388 e. The first-order valence-corrected chi connectivity index (χ1v) is 6.17. The molecule has 0 rings (SSSR count). The minimum absolute atomic E-state index is 0.198. The van der Waals surface area contributed by atoms with Crippen molar-refractivity contribution in [2.45, 2.75) is 51.2 Å². The van der Waals surface area contributed by atoms with Gasteiger partial charge in [0, 0.05) is 26.7 Å². The van der Waals surface area contributed by atoms with Gasteiger partial charge in [-0.3, -0.25) is 4.79 Å². The summed E-state index contributed by atoms with van der Waals surface area (Å²) < 4.78 is 4.89. The fourth-order valence-electron chi connectivity index (χ4n) is 1.37. The molecule has 0 aliphatic carbocycles. The van der Waals surface area contributed by atoms with Gasteiger partial charge in [0.25, 0.3) is 0 Å². The second kappa shape index (κ2) is 8.44. The van der Waals surface area contributed by atoms with Crippen LogP contribution in [0.2, 0.25) is 0 Å². The Labute approximate surface area is 104 Å². The highest BCUT2D eigenvalue weighted by atomic mass is 16.5. The topological polar surface area (TPSA) is 84.6 Å². The van der Waals surface area contributed by atoms with E-state index < -0.39 is 11.6 Å². The maximum atomic E-state index is 11.6. The molecule has 1 amide bonds. The smallest absolute Gasteiger partial charge is 0.237 e. The Kier molecular flexibility index (Phi) is 8.12. The Hall–Kier alpha value is -0.650. The molecular weight excluding hydrogens is 220 g/mol. The molecule has 1 unspecified atom stereocenters. The van der Waals surface area contributed by atoms with Crippen LogP contribution in [0, 0.1) is 0 Å². The number of carbonyl (C=O) groups excluding carboxylic acids is 1. The number of carbonyl (C=O) groups is 1. The lowest BCUT2D eigenvalue weighted by atomic mass is 10.0. The Morgan fingerprint density at radius 1 is 1.59 bits per heavy atom. The van der Waals surface area contributed by atoms with Crippen molar-refractivity contribution in [3.05, 3.63) is 0 Å². The Bertz CT molecular complexity index is 220. The Morgan fingerprint density at radius 2 is 2.24 bits per heavy atom. The average Bonchev–Trinajstić information content (AvgIpc) is 2.30. The second-order valence-electron chi connectivity index (χ2n) is 4.71. The zero-order valence-electron chi connectivity index (χ0n) is 11.2. The second-order valence-corrected chi connectivity index (χ2v) is 4.71. The molecule has 0 radical (unpaired) electrons. The number of nitrogens with one attached hydrogen (secondary N) is 1. The highest BCUT2D eigenvalue weighted by Crippen LogP contribution is 2.07.